The molecule has 4 heteroatoms. The number of hydrogen-bond donors (Lipinski definition) is 0. The molecule has 0 saturated heterocycles. The Morgan fingerprint density at radius 2 is 2.31 bits per heavy atom. The lowest BCUT2D eigenvalue weighted by molar-refractivity contribution is 0.502. The van der Waals surface area contributed by atoms with E-state index in [2.05, 4.69) is 23.6 Å². The zero-order valence-corrected chi connectivity index (χ0v) is 8.96. The molecule has 0 aliphatic rings. The molecular weight excluding hydrogens is 186 g/mol. The van der Waals surface area contributed by atoms with Crippen molar-refractivity contribution < 1.29 is 0 Å². The van der Waals surface area contributed by atoms with Gasteiger partial charge in [0.1, 0.15) is 11.8 Å². The van der Waals surface area contributed by atoms with E-state index in [0.29, 0.717) is 0 Å². The minimum Gasteiger partial charge on any atom is -0.360 e. The SMILES string of the molecule is C=N/C=C\C(=NCCl)N(C)CCC. The topological polar surface area (TPSA) is 28.0 Å². The molecule has 74 valence electrons. The van der Waals surface area contributed by atoms with Crippen LogP contribution >= 0.6 is 11.6 Å². The van der Waals surface area contributed by atoms with E-state index in [9.17, 15) is 0 Å². The third-order valence-electron chi connectivity index (χ3n) is 1.50. The zero-order chi connectivity index (χ0) is 10.1. The third-order valence-corrected chi connectivity index (χ3v) is 1.62. The molecule has 0 aromatic carbocycles. The van der Waals surface area contributed by atoms with Crippen LogP contribution in [0.5, 0.6) is 0 Å². The Kier molecular flexibility index (Phi) is 7.30. The van der Waals surface area contributed by atoms with Crippen molar-refractivity contribution in [1.82, 2.24) is 4.90 Å². The van der Waals surface area contributed by atoms with Crippen molar-refractivity contribution in [3.8, 4) is 0 Å². The predicted octanol–water partition coefficient (Wildman–Crippen LogP) is 2.14. The summed E-state index contributed by atoms with van der Waals surface area (Å²) >= 11 is 5.53. The molecule has 0 saturated carbocycles. The smallest absolute Gasteiger partial charge is 0.126 e. The van der Waals surface area contributed by atoms with E-state index in [1.807, 2.05) is 11.9 Å². The molecule has 0 amide bonds. The van der Waals surface area contributed by atoms with Gasteiger partial charge in [-0.3, -0.25) is 9.98 Å². The molecule has 0 aromatic heterocycles. The first-order valence-corrected chi connectivity index (χ1v) is 4.73. The molecule has 0 aromatic rings. The van der Waals surface area contributed by atoms with Gasteiger partial charge in [0.05, 0.1) is 0 Å². The van der Waals surface area contributed by atoms with E-state index in [-0.39, 0.29) is 6.00 Å². The summed E-state index contributed by atoms with van der Waals surface area (Å²) in [5.74, 6) is 0.837. The lowest BCUT2D eigenvalue weighted by Gasteiger charge is -2.17. The van der Waals surface area contributed by atoms with Crippen LogP contribution in [0.15, 0.2) is 22.3 Å². The first-order valence-electron chi connectivity index (χ1n) is 4.20. The lowest BCUT2D eigenvalue weighted by Crippen LogP contribution is -2.25. The Morgan fingerprint density at radius 1 is 1.62 bits per heavy atom. The number of rotatable bonds is 5. The van der Waals surface area contributed by atoms with Crippen LogP contribution < -0.4 is 0 Å². The summed E-state index contributed by atoms with van der Waals surface area (Å²) in [4.78, 5) is 9.76. The van der Waals surface area contributed by atoms with Crippen LogP contribution in [-0.2, 0) is 0 Å². The second kappa shape index (κ2) is 7.80. The van der Waals surface area contributed by atoms with Gasteiger partial charge in [0.2, 0.25) is 0 Å². The highest BCUT2D eigenvalue weighted by atomic mass is 35.5. The summed E-state index contributed by atoms with van der Waals surface area (Å²) in [6, 6.07) is 0.269. The van der Waals surface area contributed by atoms with Crippen molar-refractivity contribution in [2.24, 2.45) is 9.98 Å². The van der Waals surface area contributed by atoms with Crippen molar-refractivity contribution in [3.05, 3.63) is 12.3 Å². The predicted molar refractivity (Wildman–Crippen MR) is 59.8 cm³/mol. The molecule has 0 radical (unpaired) electrons. The van der Waals surface area contributed by atoms with Crippen LogP contribution in [0.25, 0.3) is 0 Å². The summed E-state index contributed by atoms with van der Waals surface area (Å²) in [7, 11) is 1.97. The fraction of sp³-hybridized carbons (Fsp3) is 0.556. The standard InChI is InChI=1S/C9H16ClN3/c1-4-7-13(3)9(12-8-10)5-6-11-2/h5-6H,2,4,7-8H2,1,3H3/b6-5-,12-9?. The molecule has 0 atom stereocenters. The molecule has 0 N–H and O–H groups in total. The molecule has 0 bridgehead atoms. The molecule has 0 fully saturated rings. The molecule has 3 nitrogen and oxygen atoms in total. The van der Waals surface area contributed by atoms with Crippen molar-refractivity contribution in [1.29, 1.82) is 0 Å². The van der Waals surface area contributed by atoms with Crippen LogP contribution in [0.1, 0.15) is 13.3 Å². The second-order valence-electron chi connectivity index (χ2n) is 2.56. The number of hydrogen-bond acceptors (Lipinski definition) is 2. The normalized spacial score (nSPS) is 12.1. The maximum Gasteiger partial charge on any atom is 0.126 e. The number of halogens is 1. The average Bonchev–Trinajstić information content (AvgIpc) is 2.12. The summed E-state index contributed by atoms with van der Waals surface area (Å²) < 4.78 is 0. The van der Waals surface area contributed by atoms with Gasteiger partial charge >= 0.3 is 0 Å². The molecule has 13 heavy (non-hydrogen) atoms. The number of alkyl halides is 1. The Balaban J connectivity index is 4.31. The van der Waals surface area contributed by atoms with Crippen LogP contribution in [0.4, 0.5) is 0 Å². The Hall–Kier alpha value is -0.830. The minimum absolute atomic E-state index is 0.269. The molecule has 0 unspecified atom stereocenters. The number of amidine groups is 1. The maximum atomic E-state index is 5.53. The highest BCUT2D eigenvalue weighted by Crippen LogP contribution is 1.94. The third kappa shape index (κ3) is 5.42. The highest BCUT2D eigenvalue weighted by molar-refractivity contribution is 6.18. The van der Waals surface area contributed by atoms with Gasteiger partial charge in [-0.15, -0.1) is 11.6 Å². The van der Waals surface area contributed by atoms with Crippen LogP contribution in [0.2, 0.25) is 0 Å². The van der Waals surface area contributed by atoms with E-state index in [4.69, 9.17) is 11.6 Å². The molecule has 0 heterocycles. The maximum absolute atomic E-state index is 5.53. The minimum atomic E-state index is 0.269. The van der Waals surface area contributed by atoms with E-state index < -0.39 is 0 Å². The van der Waals surface area contributed by atoms with Crippen molar-refractivity contribution in [3.63, 3.8) is 0 Å². The molecular formula is C9H16ClN3. The van der Waals surface area contributed by atoms with Gasteiger partial charge in [-0.2, -0.15) is 0 Å². The summed E-state index contributed by atoms with van der Waals surface area (Å²) in [6.07, 6.45) is 4.48. The highest BCUT2D eigenvalue weighted by Gasteiger charge is 1.99. The van der Waals surface area contributed by atoms with Crippen LogP contribution in [0.3, 0.4) is 0 Å². The summed E-state index contributed by atoms with van der Waals surface area (Å²) in [5, 5.41) is 0. The second-order valence-corrected chi connectivity index (χ2v) is 2.79. The number of nitrogens with zero attached hydrogens (tertiary/aromatic N) is 3. The van der Waals surface area contributed by atoms with E-state index in [0.717, 1.165) is 18.8 Å². The number of likely N-dealkylation sites (N-methyl/N-ethyl adjacent to an activating group) is 1. The molecule has 0 aliphatic carbocycles. The molecule has 0 aliphatic heterocycles. The quantitative estimate of drug-likeness (QED) is 0.290. The molecule has 0 spiro atoms. The van der Waals surface area contributed by atoms with Crippen molar-refractivity contribution in [2.45, 2.75) is 13.3 Å². The van der Waals surface area contributed by atoms with Gasteiger partial charge in [0.15, 0.2) is 0 Å². The van der Waals surface area contributed by atoms with Crippen molar-refractivity contribution in [2.75, 3.05) is 19.6 Å². The fourth-order valence-electron chi connectivity index (χ4n) is 0.931. The van der Waals surface area contributed by atoms with E-state index >= 15 is 0 Å². The Bertz CT molecular complexity index is 199. The summed E-state index contributed by atoms with van der Waals surface area (Å²) in [6.45, 7) is 6.43. The van der Waals surface area contributed by atoms with Crippen LogP contribution in [-0.4, -0.2) is 37.0 Å². The Morgan fingerprint density at radius 3 is 2.77 bits per heavy atom. The first kappa shape index (κ1) is 12.2. The lowest BCUT2D eigenvalue weighted by atomic mass is 10.4. The van der Waals surface area contributed by atoms with Crippen molar-refractivity contribution >= 4 is 24.2 Å². The Labute approximate surface area is 84.8 Å². The van der Waals surface area contributed by atoms with E-state index in [1.54, 1.807) is 12.3 Å². The van der Waals surface area contributed by atoms with E-state index in [1.165, 1.54) is 0 Å². The van der Waals surface area contributed by atoms with Gasteiger partial charge in [0, 0.05) is 19.8 Å². The fourth-order valence-corrected chi connectivity index (χ4v) is 1.05. The monoisotopic (exact) mass is 201 g/mol. The van der Waals surface area contributed by atoms with Gasteiger partial charge in [-0.05, 0) is 19.2 Å². The number of aliphatic imine (C=N–C) groups is 2. The average molecular weight is 202 g/mol. The van der Waals surface area contributed by atoms with Gasteiger partial charge in [-0.25, -0.2) is 0 Å². The zero-order valence-electron chi connectivity index (χ0n) is 8.20. The first-order chi connectivity index (χ1) is 6.26. The van der Waals surface area contributed by atoms with Gasteiger partial charge in [-0.1, -0.05) is 6.92 Å². The van der Waals surface area contributed by atoms with Crippen LogP contribution in [0, 0.1) is 0 Å². The largest absolute Gasteiger partial charge is 0.360 e. The summed E-state index contributed by atoms with van der Waals surface area (Å²) in [5.41, 5.74) is 0. The molecule has 0 rings (SSSR count). The van der Waals surface area contributed by atoms with Gasteiger partial charge in [0.25, 0.3) is 0 Å². The van der Waals surface area contributed by atoms with Gasteiger partial charge < -0.3 is 4.90 Å².